The predicted molar refractivity (Wildman–Crippen MR) is 143 cm³/mol. The van der Waals surface area contributed by atoms with Crippen molar-refractivity contribution in [2.45, 2.75) is 26.2 Å². The van der Waals surface area contributed by atoms with Gasteiger partial charge in [-0.05, 0) is 36.4 Å². The molecule has 3 heterocycles. The number of ether oxygens (including phenoxy) is 1. The summed E-state index contributed by atoms with van der Waals surface area (Å²) in [6, 6.07) is 19.4. The molecule has 0 saturated carbocycles. The van der Waals surface area contributed by atoms with Gasteiger partial charge >= 0.3 is 0 Å². The van der Waals surface area contributed by atoms with Gasteiger partial charge in [-0.3, -0.25) is 4.79 Å². The highest BCUT2D eigenvalue weighted by Crippen LogP contribution is 2.28. The highest BCUT2D eigenvalue weighted by Gasteiger charge is 2.27. The van der Waals surface area contributed by atoms with Crippen molar-refractivity contribution in [3.05, 3.63) is 77.1 Å². The summed E-state index contributed by atoms with van der Waals surface area (Å²) >= 11 is 6.18. The molecule has 0 bridgehead atoms. The first kappa shape index (κ1) is 24.1. The summed E-state index contributed by atoms with van der Waals surface area (Å²) in [5.74, 6) is 0.684. The molecule has 36 heavy (non-hydrogen) atoms. The lowest BCUT2D eigenvalue weighted by Gasteiger charge is -2.36. The molecule has 1 amide bonds. The Bertz CT molecular complexity index is 1420. The number of aromatic nitrogens is 3. The summed E-state index contributed by atoms with van der Waals surface area (Å²) in [6.07, 6.45) is 0. The van der Waals surface area contributed by atoms with Crippen LogP contribution in [0.3, 0.4) is 0 Å². The van der Waals surface area contributed by atoms with E-state index in [9.17, 15) is 4.79 Å². The van der Waals surface area contributed by atoms with Gasteiger partial charge in [-0.15, -0.1) is 0 Å². The molecule has 0 N–H and O–H groups in total. The molecule has 1 fully saturated rings. The zero-order valence-electron chi connectivity index (χ0n) is 21.0. The van der Waals surface area contributed by atoms with Crippen molar-refractivity contribution in [2.75, 3.05) is 38.2 Å². The average molecular weight is 504 g/mol. The van der Waals surface area contributed by atoms with Gasteiger partial charge in [0, 0.05) is 53.9 Å². The van der Waals surface area contributed by atoms with E-state index in [-0.39, 0.29) is 11.3 Å². The SMILES string of the molecule is COc1cccc(-c2cc(C(=O)N3CCN(c4cccc(Cl)c4)CC3)n3nc(C(C)(C)C)cc3n2)c1. The average Bonchev–Trinajstić information content (AvgIpc) is 3.33. The number of piperazine rings is 1. The van der Waals surface area contributed by atoms with Crippen molar-refractivity contribution in [3.63, 3.8) is 0 Å². The van der Waals surface area contributed by atoms with Crippen molar-refractivity contribution in [2.24, 2.45) is 0 Å². The molecule has 8 heteroatoms. The van der Waals surface area contributed by atoms with E-state index in [0.29, 0.717) is 35.1 Å². The van der Waals surface area contributed by atoms with Crippen molar-refractivity contribution in [1.29, 1.82) is 0 Å². The number of hydrogen-bond donors (Lipinski definition) is 0. The topological polar surface area (TPSA) is 63.0 Å². The Labute approximate surface area is 216 Å². The molecule has 1 aliphatic rings. The summed E-state index contributed by atoms with van der Waals surface area (Å²) in [7, 11) is 1.64. The fraction of sp³-hybridized carbons (Fsp3) is 0.321. The van der Waals surface area contributed by atoms with Crippen molar-refractivity contribution in [1.82, 2.24) is 19.5 Å². The minimum Gasteiger partial charge on any atom is -0.497 e. The van der Waals surface area contributed by atoms with Gasteiger partial charge in [0.2, 0.25) is 0 Å². The van der Waals surface area contributed by atoms with E-state index in [0.717, 1.165) is 35.8 Å². The van der Waals surface area contributed by atoms with Gasteiger partial charge in [0.15, 0.2) is 5.65 Å². The third-order valence-corrected chi connectivity index (χ3v) is 6.76. The number of fused-ring (bicyclic) bond motifs is 1. The lowest BCUT2D eigenvalue weighted by molar-refractivity contribution is 0.0737. The summed E-state index contributed by atoms with van der Waals surface area (Å²) in [4.78, 5) is 22.9. The van der Waals surface area contributed by atoms with Crippen LogP contribution in [0.15, 0.2) is 60.7 Å². The van der Waals surface area contributed by atoms with E-state index in [2.05, 4.69) is 25.7 Å². The molecule has 1 aliphatic heterocycles. The number of rotatable bonds is 4. The first-order valence-electron chi connectivity index (χ1n) is 12.1. The third kappa shape index (κ3) is 4.75. The Morgan fingerprint density at radius 1 is 0.972 bits per heavy atom. The van der Waals surface area contributed by atoms with Gasteiger partial charge in [-0.2, -0.15) is 5.10 Å². The molecule has 1 saturated heterocycles. The molecular weight excluding hydrogens is 474 g/mol. The number of carbonyl (C=O) groups excluding carboxylic acids is 1. The molecule has 0 aliphatic carbocycles. The van der Waals surface area contributed by atoms with E-state index >= 15 is 0 Å². The molecule has 0 radical (unpaired) electrons. The van der Waals surface area contributed by atoms with Gasteiger partial charge in [0.25, 0.3) is 5.91 Å². The van der Waals surface area contributed by atoms with Gasteiger partial charge in [-0.1, -0.05) is 50.6 Å². The van der Waals surface area contributed by atoms with Gasteiger partial charge in [-0.25, -0.2) is 9.50 Å². The highest BCUT2D eigenvalue weighted by atomic mass is 35.5. The second kappa shape index (κ2) is 9.47. The molecule has 2 aromatic carbocycles. The number of halogens is 1. The van der Waals surface area contributed by atoms with E-state index in [1.807, 2.05) is 65.6 Å². The van der Waals surface area contributed by atoms with Crippen LogP contribution in [0.2, 0.25) is 5.02 Å². The molecule has 0 spiro atoms. The summed E-state index contributed by atoms with van der Waals surface area (Å²) in [6.45, 7) is 9.00. The van der Waals surface area contributed by atoms with Crippen molar-refractivity contribution >= 4 is 28.8 Å². The minimum absolute atomic E-state index is 0.0548. The van der Waals surface area contributed by atoms with Crippen molar-refractivity contribution in [3.8, 4) is 17.0 Å². The van der Waals surface area contributed by atoms with Crippen LogP contribution in [-0.4, -0.2) is 58.7 Å². The summed E-state index contributed by atoms with van der Waals surface area (Å²) in [5, 5.41) is 5.51. The molecule has 7 nitrogen and oxygen atoms in total. The Morgan fingerprint density at radius 2 is 1.72 bits per heavy atom. The summed E-state index contributed by atoms with van der Waals surface area (Å²) in [5.41, 5.74) is 4.54. The van der Waals surface area contributed by atoms with E-state index in [4.69, 9.17) is 26.4 Å². The molecule has 0 atom stereocenters. The Balaban J connectivity index is 1.50. The summed E-state index contributed by atoms with van der Waals surface area (Å²) < 4.78 is 7.10. The molecule has 0 unspecified atom stereocenters. The number of nitrogens with zero attached hydrogens (tertiary/aromatic N) is 5. The maximum atomic E-state index is 13.8. The Morgan fingerprint density at radius 3 is 2.42 bits per heavy atom. The lowest BCUT2D eigenvalue weighted by Crippen LogP contribution is -2.49. The van der Waals surface area contributed by atoms with Crippen molar-refractivity contribution < 1.29 is 9.53 Å². The normalized spacial score (nSPS) is 14.4. The predicted octanol–water partition coefficient (Wildman–Crippen LogP) is 5.32. The van der Waals surface area contributed by atoms with E-state index in [1.165, 1.54) is 0 Å². The number of hydrogen-bond acceptors (Lipinski definition) is 5. The first-order valence-corrected chi connectivity index (χ1v) is 12.5. The molecular formula is C28H30ClN5O2. The molecule has 2 aromatic heterocycles. The van der Waals surface area contributed by atoms with Crippen LogP contribution in [0.1, 0.15) is 37.0 Å². The first-order chi connectivity index (χ1) is 17.2. The number of amides is 1. The second-order valence-electron chi connectivity index (χ2n) is 10.1. The maximum absolute atomic E-state index is 13.8. The third-order valence-electron chi connectivity index (χ3n) is 6.52. The van der Waals surface area contributed by atoms with Gasteiger partial charge in [0.05, 0.1) is 18.5 Å². The van der Waals surface area contributed by atoms with Crippen LogP contribution >= 0.6 is 11.6 Å². The standard InChI is InChI=1S/C28H30ClN5O2/c1-28(2,3)25-18-26-30-23(19-7-5-10-22(15-19)36-4)17-24(34(26)31-25)27(35)33-13-11-32(12-14-33)21-9-6-8-20(29)16-21/h5-10,15-18H,11-14H2,1-4H3. The van der Waals surface area contributed by atoms with Crippen LogP contribution < -0.4 is 9.64 Å². The van der Waals surface area contributed by atoms with Crippen LogP contribution in [0, 0.1) is 0 Å². The van der Waals surface area contributed by atoms with E-state index in [1.54, 1.807) is 11.6 Å². The molecule has 5 rings (SSSR count). The molecule has 186 valence electrons. The number of methoxy groups -OCH3 is 1. The van der Waals surface area contributed by atoms with Gasteiger partial charge < -0.3 is 14.5 Å². The largest absolute Gasteiger partial charge is 0.497 e. The highest BCUT2D eigenvalue weighted by molar-refractivity contribution is 6.30. The zero-order chi connectivity index (χ0) is 25.4. The van der Waals surface area contributed by atoms with Crippen LogP contribution in [-0.2, 0) is 5.41 Å². The molecule has 4 aromatic rings. The monoisotopic (exact) mass is 503 g/mol. The van der Waals surface area contributed by atoms with Crippen LogP contribution in [0.4, 0.5) is 5.69 Å². The van der Waals surface area contributed by atoms with Gasteiger partial charge in [0.1, 0.15) is 11.4 Å². The quantitative estimate of drug-likeness (QED) is 0.377. The number of benzene rings is 2. The second-order valence-corrected chi connectivity index (χ2v) is 10.5. The Kier molecular flexibility index (Phi) is 6.35. The smallest absolute Gasteiger partial charge is 0.272 e. The lowest BCUT2D eigenvalue weighted by atomic mass is 9.93. The van der Waals surface area contributed by atoms with E-state index < -0.39 is 0 Å². The zero-order valence-corrected chi connectivity index (χ0v) is 21.8. The fourth-order valence-electron chi connectivity index (χ4n) is 4.43. The maximum Gasteiger partial charge on any atom is 0.272 e. The number of carbonyl (C=O) groups is 1. The fourth-order valence-corrected chi connectivity index (χ4v) is 4.61. The van der Waals surface area contributed by atoms with Crippen LogP contribution in [0.5, 0.6) is 5.75 Å². The minimum atomic E-state index is -0.174. The Hall–Kier alpha value is -3.58. The number of anilines is 1. The van der Waals surface area contributed by atoms with Crippen LogP contribution in [0.25, 0.3) is 16.9 Å².